The zero-order valence-corrected chi connectivity index (χ0v) is 15.0. The fourth-order valence-corrected chi connectivity index (χ4v) is 2.99. The molecule has 130 valence electrons. The third-order valence-corrected chi connectivity index (χ3v) is 4.42. The van der Waals surface area contributed by atoms with Gasteiger partial charge in [0.2, 0.25) is 0 Å². The van der Waals surface area contributed by atoms with E-state index in [0.717, 1.165) is 36.2 Å². The summed E-state index contributed by atoms with van der Waals surface area (Å²) in [6, 6.07) is 29.4. The predicted molar refractivity (Wildman–Crippen MR) is 109 cm³/mol. The van der Waals surface area contributed by atoms with E-state index in [1.807, 2.05) is 25.1 Å². The van der Waals surface area contributed by atoms with Crippen LogP contribution < -0.4 is 4.90 Å². The zero-order chi connectivity index (χ0) is 18.2. The second-order valence-electron chi connectivity index (χ2n) is 6.36. The lowest BCUT2D eigenvalue weighted by molar-refractivity contribution is -0.104. The van der Waals surface area contributed by atoms with Gasteiger partial charge in [0, 0.05) is 18.8 Å². The van der Waals surface area contributed by atoms with Crippen molar-refractivity contribution in [1.82, 2.24) is 0 Å². The molecule has 26 heavy (non-hydrogen) atoms. The molecule has 0 saturated heterocycles. The van der Waals surface area contributed by atoms with Crippen LogP contribution in [0.15, 0.2) is 91.0 Å². The summed E-state index contributed by atoms with van der Waals surface area (Å²) in [6.45, 7) is 3.62. The van der Waals surface area contributed by atoms with E-state index in [0.29, 0.717) is 0 Å². The highest BCUT2D eigenvalue weighted by atomic mass is 16.1. The van der Waals surface area contributed by atoms with Crippen molar-refractivity contribution in [3.63, 3.8) is 0 Å². The zero-order valence-electron chi connectivity index (χ0n) is 15.0. The first-order valence-electron chi connectivity index (χ1n) is 8.81. The maximum absolute atomic E-state index is 10.8. The van der Waals surface area contributed by atoms with Crippen molar-refractivity contribution in [2.45, 2.75) is 20.0 Å². The van der Waals surface area contributed by atoms with Gasteiger partial charge < -0.3 is 4.90 Å². The molecule has 0 saturated carbocycles. The largest absolute Gasteiger partial charge is 0.363 e. The third-order valence-electron chi connectivity index (χ3n) is 4.42. The number of allylic oxidation sites excluding steroid dienone is 2. The number of hydrogen-bond donors (Lipinski definition) is 0. The van der Waals surface area contributed by atoms with Gasteiger partial charge in [-0.2, -0.15) is 0 Å². The Morgan fingerprint density at radius 3 is 1.92 bits per heavy atom. The molecule has 0 aliphatic heterocycles. The fourth-order valence-electron chi connectivity index (χ4n) is 2.99. The lowest BCUT2D eigenvalue weighted by atomic mass is 10.1. The van der Waals surface area contributed by atoms with Crippen LogP contribution in [0.5, 0.6) is 0 Å². The van der Waals surface area contributed by atoms with Gasteiger partial charge >= 0.3 is 0 Å². The lowest BCUT2D eigenvalue weighted by Crippen LogP contribution is -2.22. The number of aldehydes is 1. The Bertz CT molecular complexity index is 827. The Kier molecular flexibility index (Phi) is 6.00. The van der Waals surface area contributed by atoms with E-state index < -0.39 is 0 Å². The van der Waals surface area contributed by atoms with Crippen LogP contribution in [0.3, 0.4) is 0 Å². The molecule has 2 nitrogen and oxygen atoms in total. The van der Waals surface area contributed by atoms with Crippen LogP contribution in [-0.4, -0.2) is 6.29 Å². The Labute approximate surface area is 155 Å². The van der Waals surface area contributed by atoms with Gasteiger partial charge in [-0.05, 0) is 47.4 Å². The third kappa shape index (κ3) is 4.70. The van der Waals surface area contributed by atoms with Crippen LogP contribution >= 0.6 is 0 Å². The SMILES string of the molecule is C/C(=C\C=O)c1cccc(N(Cc2ccccc2)Cc2ccccc2)c1. The number of benzene rings is 3. The Hall–Kier alpha value is -3.13. The Balaban J connectivity index is 1.93. The van der Waals surface area contributed by atoms with Gasteiger partial charge in [0.15, 0.2) is 0 Å². The van der Waals surface area contributed by atoms with E-state index in [1.54, 1.807) is 6.08 Å². The quantitative estimate of drug-likeness (QED) is 0.418. The molecule has 0 aromatic heterocycles. The van der Waals surface area contributed by atoms with Crippen LogP contribution in [0.25, 0.3) is 5.57 Å². The van der Waals surface area contributed by atoms with Gasteiger partial charge in [-0.1, -0.05) is 72.8 Å². The number of rotatable bonds is 7. The molecule has 0 unspecified atom stereocenters. The Morgan fingerprint density at radius 2 is 1.38 bits per heavy atom. The molecule has 3 aromatic rings. The van der Waals surface area contributed by atoms with E-state index in [4.69, 9.17) is 0 Å². The molecule has 0 heterocycles. The molecule has 0 radical (unpaired) electrons. The summed E-state index contributed by atoms with van der Waals surface area (Å²) >= 11 is 0. The highest BCUT2D eigenvalue weighted by Crippen LogP contribution is 2.24. The molecule has 0 fully saturated rings. The van der Waals surface area contributed by atoms with Gasteiger partial charge in [-0.25, -0.2) is 0 Å². The molecule has 0 N–H and O–H groups in total. The number of anilines is 1. The normalized spacial score (nSPS) is 11.2. The van der Waals surface area contributed by atoms with E-state index in [2.05, 4.69) is 71.6 Å². The summed E-state index contributed by atoms with van der Waals surface area (Å²) in [5.74, 6) is 0. The molecule has 0 aliphatic rings. The van der Waals surface area contributed by atoms with Crippen LogP contribution in [0.2, 0.25) is 0 Å². The molecule has 2 heteroatoms. The monoisotopic (exact) mass is 341 g/mol. The molecule has 0 spiro atoms. The average Bonchev–Trinajstić information content (AvgIpc) is 2.69. The molecule has 3 aromatic carbocycles. The summed E-state index contributed by atoms with van der Waals surface area (Å²) in [7, 11) is 0. The second kappa shape index (κ2) is 8.82. The minimum atomic E-state index is 0.829. The van der Waals surface area contributed by atoms with Gasteiger partial charge in [-0.15, -0.1) is 0 Å². The highest BCUT2D eigenvalue weighted by Gasteiger charge is 2.10. The number of hydrogen-bond acceptors (Lipinski definition) is 2. The van der Waals surface area contributed by atoms with Gasteiger partial charge in [0.05, 0.1) is 0 Å². The summed E-state index contributed by atoms with van der Waals surface area (Å²) in [4.78, 5) is 13.2. The maximum atomic E-state index is 10.8. The smallest absolute Gasteiger partial charge is 0.143 e. The first-order chi connectivity index (χ1) is 12.8. The van der Waals surface area contributed by atoms with Gasteiger partial charge in [-0.3, -0.25) is 4.79 Å². The van der Waals surface area contributed by atoms with Crippen molar-refractivity contribution >= 4 is 17.5 Å². The van der Waals surface area contributed by atoms with Crippen molar-refractivity contribution in [2.75, 3.05) is 4.90 Å². The van der Waals surface area contributed by atoms with Crippen LogP contribution in [0, 0.1) is 0 Å². The number of carbonyl (C=O) groups excluding carboxylic acids is 1. The van der Waals surface area contributed by atoms with Gasteiger partial charge in [0.1, 0.15) is 6.29 Å². The topological polar surface area (TPSA) is 20.3 Å². The Morgan fingerprint density at radius 1 is 0.808 bits per heavy atom. The molecule has 0 bridgehead atoms. The van der Waals surface area contributed by atoms with E-state index >= 15 is 0 Å². The fraction of sp³-hybridized carbons (Fsp3) is 0.125. The molecule has 3 rings (SSSR count). The minimum absolute atomic E-state index is 0.829. The summed E-state index contributed by atoms with van der Waals surface area (Å²) in [6.07, 6.45) is 2.45. The number of carbonyl (C=O) groups is 1. The average molecular weight is 341 g/mol. The maximum Gasteiger partial charge on any atom is 0.143 e. The van der Waals surface area contributed by atoms with Crippen molar-refractivity contribution in [1.29, 1.82) is 0 Å². The predicted octanol–water partition coefficient (Wildman–Crippen LogP) is 5.50. The molecule has 0 amide bonds. The second-order valence-corrected chi connectivity index (χ2v) is 6.36. The van der Waals surface area contributed by atoms with E-state index in [1.165, 1.54) is 11.1 Å². The van der Waals surface area contributed by atoms with Crippen LogP contribution in [-0.2, 0) is 17.9 Å². The van der Waals surface area contributed by atoms with Gasteiger partial charge in [0.25, 0.3) is 0 Å². The summed E-state index contributed by atoms with van der Waals surface area (Å²) < 4.78 is 0. The van der Waals surface area contributed by atoms with Crippen molar-refractivity contribution < 1.29 is 4.79 Å². The molecule has 0 atom stereocenters. The first-order valence-corrected chi connectivity index (χ1v) is 8.81. The summed E-state index contributed by atoms with van der Waals surface area (Å²) in [5.41, 5.74) is 5.73. The van der Waals surface area contributed by atoms with Crippen molar-refractivity contribution in [2.24, 2.45) is 0 Å². The van der Waals surface area contributed by atoms with Crippen molar-refractivity contribution in [3.8, 4) is 0 Å². The first kappa shape index (κ1) is 17.7. The van der Waals surface area contributed by atoms with Crippen molar-refractivity contribution in [3.05, 3.63) is 108 Å². The van der Waals surface area contributed by atoms with Crippen LogP contribution in [0.1, 0.15) is 23.6 Å². The standard InChI is InChI=1S/C24H23NO/c1-20(15-16-26)23-13-8-14-24(17-23)25(18-21-9-4-2-5-10-21)19-22-11-6-3-7-12-22/h2-17H,18-19H2,1H3/b20-15+. The summed E-state index contributed by atoms with van der Waals surface area (Å²) in [5, 5.41) is 0. The van der Waals surface area contributed by atoms with E-state index in [9.17, 15) is 4.79 Å². The molecule has 0 aliphatic carbocycles. The minimum Gasteiger partial charge on any atom is -0.363 e. The number of nitrogens with zero attached hydrogens (tertiary/aromatic N) is 1. The molecular formula is C24H23NO. The highest BCUT2D eigenvalue weighted by molar-refractivity contribution is 5.81. The lowest BCUT2D eigenvalue weighted by Gasteiger charge is -2.26. The molecular weight excluding hydrogens is 318 g/mol. The van der Waals surface area contributed by atoms with E-state index in [-0.39, 0.29) is 0 Å². The van der Waals surface area contributed by atoms with Crippen LogP contribution in [0.4, 0.5) is 5.69 Å².